The summed E-state index contributed by atoms with van der Waals surface area (Å²) in [5.74, 6) is 0. The summed E-state index contributed by atoms with van der Waals surface area (Å²) < 4.78 is 0. The molecule has 1 fully saturated rings. The van der Waals surface area contributed by atoms with Crippen LogP contribution in [0.3, 0.4) is 0 Å². The number of piperidine rings is 1. The highest BCUT2D eigenvalue weighted by Crippen LogP contribution is 2.11. The van der Waals surface area contributed by atoms with Crippen LogP contribution in [0.15, 0.2) is 23.5 Å². The Bertz CT molecular complexity index is 302. The van der Waals surface area contributed by atoms with Gasteiger partial charge in [0.25, 0.3) is 0 Å². The van der Waals surface area contributed by atoms with Gasteiger partial charge in [-0.05, 0) is 25.9 Å². The van der Waals surface area contributed by atoms with Gasteiger partial charge in [-0.2, -0.15) is 0 Å². The molecule has 0 amide bonds. The van der Waals surface area contributed by atoms with Crippen molar-refractivity contribution in [3.63, 3.8) is 0 Å². The molecule has 1 aromatic rings. The van der Waals surface area contributed by atoms with E-state index < -0.39 is 0 Å². The summed E-state index contributed by atoms with van der Waals surface area (Å²) >= 11 is 1.66. The normalized spacial score (nSPS) is 18.8. The van der Waals surface area contributed by atoms with Crippen LogP contribution in [0.2, 0.25) is 0 Å². The number of nitrogens with one attached hydrogen (secondary N) is 1. The number of thiazole rings is 1. The molecule has 1 aromatic heterocycles. The van der Waals surface area contributed by atoms with Gasteiger partial charge in [-0.25, -0.2) is 4.98 Å². The van der Waals surface area contributed by atoms with Gasteiger partial charge in [0.2, 0.25) is 0 Å². The molecule has 1 N–H and O–H groups in total. The van der Waals surface area contributed by atoms with E-state index in [-0.39, 0.29) is 0 Å². The Labute approximate surface area is 101 Å². The van der Waals surface area contributed by atoms with Crippen molar-refractivity contribution in [1.29, 1.82) is 0 Å². The lowest BCUT2D eigenvalue weighted by Gasteiger charge is -2.31. The van der Waals surface area contributed by atoms with Crippen molar-refractivity contribution >= 4 is 11.3 Å². The highest BCUT2D eigenvalue weighted by molar-refractivity contribution is 7.07. The minimum Gasteiger partial charge on any atom is -0.308 e. The fourth-order valence-electron chi connectivity index (χ4n) is 2.08. The third-order valence-electron chi connectivity index (χ3n) is 3.03. The maximum atomic E-state index is 4.28. The standard InChI is InChI=1S/C12H19N3S/c1-2-5-15-6-3-11(4-7-15)13-8-12-9-16-10-14-12/h2,9-11,13H,1,3-8H2. The minimum absolute atomic E-state index is 0.655. The molecule has 0 aliphatic carbocycles. The number of nitrogens with zero attached hydrogens (tertiary/aromatic N) is 2. The Balaban J connectivity index is 1.67. The van der Waals surface area contributed by atoms with Crippen LogP contribution in [0.4, 0.5) is 0 Å². The first-order chi connectivity index (χ1) is 7.88. The summed E-state index contributed by atoms with van der Waals surface area (Å²) in [5, 5.41) is 5.69. The van der Waals surface area contributed by atoms with Gasteiger partial charge in [0.05, 0.1) is 11.2 Å². The lowest BCUT2D eigenvalue weighted by atomic mass is 10.1. The average Bonchev–Trinajstić information content (AvgIpc) is 2.82. The summed E-state index contributed by atoms with van der Waals surface area (Å²) in [7, 11) is 0. The topological polar surface area (TPSA) is 28.2 Å². The van der Waals surface area contributed by atoms with Crippen molar-refractivity contribution < 1.29 is 0 Å². The molecule has 1 saturated heterocycles. The van der Waals surface area contributed by atoms with Crippen molar-refractivity contribution in [2.45, 2.75) is 25.4 Å². The molecule has 1 aliphatic rings. The van der Waals surface area contributed by atoms with E-state index in [9.17, 15) is 0 Å². The van der Waals surface area contributed by atoms with Crippen molar-refractivity contribution in [3.05, 3.63) is 29.2 Å². The van der Waals surface area contributed by atoms with Gasteiger partial charge in [0.1, 0.15) is 0 Å². The van der Waals surface area contributed by atoms with Crippen molar-refractivity contribution in [1.82, 2.24) is 15.2 Å². The smallest absolute Gasteiger partial charge is 0.0795 e. The van der Waals surface area contributed by atoms with Crippen molar-refractivity contribution in [2.75, 3.05) is 19.6 Å². The molecule has 2 heterocycles. The molecule has 0 aromatic carbocycles. The Hall–Kier alpha value is -0.710. The predicted molar refractivity (Wildman–Crippen MR) is 68.6 cm³/mol. The first kappa shape index (κ1) is 11.8. The molecule has 0 spiro atoms. The van der Waals surface area contributed by atoms with Crippen LogP contribution in [0.5, 0.6) is 0 Å². The molecule has 0 radical (unpaired) electrons. The third kappa shape index (κ3) is 3.40. The summed E-state index contributed by atoms with van der Waals surface area (Å²) in [6.07, 6.45) is 4.46. The molecular weight excluding hydrogens is 218 g/mol. The van der Waals surface area contributed by atoms with Crippen LogP contribution in [-0.4, -0.2) is 35.6 Å². The SMILES string of the molecule is C=CCN1CCC(NCc2cscn2)CC1. The Morgan fingerprint density at radius 3 is 3.00 bits per heavy atom. The highest BCUT2D eigenvalue weighted by atomic mass is 32.1. The molecule has 0 atom stereocenters. The van der Waals surface area contributed by atoms with Gasteiger partial charge in [-0.1, -0.05) is 6.08 Å². The lowest BCUT2D eigenvalue weighted by molar-refractivity contribution is 0.214. The van der Waals surface area contributed by atoms with Gasteiger partial charge in [-0.15, -0.1) is 17.9 Å². The summed E-state index contributed by atoms with van der Waals surface area (Å²) in [6, 6.07) is 0.655. The van der Waals surface area contributed by atoms with Gasteiger partial charge >= 0.3 is 0 Å². The fourth-order valence-corrected chi connectivity index (χ4v) is 2.63. The molecule has 88 valence electrons. The summed E-state index contributed by atoms with van der Waals surface area (Å²) in [5.41, 5.74) is 3.06. The van der Waals surface area contributed by atoms with E-state index in [2.05, 4.69) is 27.2 Å². The van der Waals surface area contributed by atoms with E-state index in [1.165, 1.54) is 31.6 Å². The Kier molecular flexibility index (Phi) is 4.51. The fraction of sp³-hybridized carbons (Fsp3) is 0.583. The van der Waals surface area contributed by atoms with Gasteiger partial charge in [0.15, 0.2) is 0 Å². The van der Waals surface area contributed by atoms with Crippen LogP contribution in [0.1, 0.15) is 18.5 Å². The quantitative estimate of drug-likeness (QED) is 0.793. The largest absolute Gasteiger partial charge is 0.308 e. The predicted octanol–water partition coefficient (Wildman–Crippen LogP) is 1.88. The second kappa shape index (κ2) is 6.13. The van der Waals surface area contributed by atoms with Gasteiger partial charge in [-0.3, -0.25) is 4.90 Å². The van der Waals surface area contributed by atoms with Gasteiger partial charge < -0.3 is 5.32 Å². The van der Waals surface area contributed by atoms with Crippen LogP contribution >= 0.6 is 11.3 Å². The summed E-state index contributed by atoms with van der Waals surface area (Å²) in [4.78, 5) is 6.73. The van der Waals surface area contributed by atoms with E-state index in [0.29, 0.717) is 6.04 Å². The first-order valence-corrected chi connectivity index (χ1v) is 6.76. The third-order valence-corrected chi connectivity index (χ3v) is 3.67. The molecular formula is C12H19N3S. The summed E-state index contributed by atoms with van der Waals surface area (Å²) in [6.45, 7) is 8.08. The first-order valence-electron chi connectivity index (χ1n) is 5.82. The maximum Gasteiger partial charge on any atom is 0.0795 e. The van der Waals surface area contributed by atoms with E-state index in [1.807, 2.05) is 11.6 Å². The molecule has 2 rings (SSSR count). The van der Waals surface area contributed by atoms with E-state index >= 15 is 0 Å². The molecule has 1 aliphatic heterocycles. The zero-order chi connectivity index (χ0) is 11.2. The molecule has 0 unspecified atom stereocenters. The van der Waals surface area contributed by atoms with Crippen LogP contribution in [-0.2, 0) is 6.54 Å². The zero-order valence-corrected chi connectivity index (χ0v) is 10.4. The molecule has 0 saturated carbocycles. The number of likely N-dealkylation sites (tertiary alicyclic amines) is 1. The van der Waals surface area contributed by atoms with E-state index in [4.69, 9.17) is 0 Å². The monoisotopic (exact) mass is 237 g/mol. The van der Waals surface area contributed by atoms with Crippen molar-refractivity contribution in [2.24, 2.45) is 0 Å². The van der Waals surface area contributed by atoms with Gasteiger partial charge in [0, 0.05) is 24.5 Å². The lowest BCUT2D eigenvalue weighted by Crippen LogP contribution is -2.42. The zero-order valence-electron chi connectivity index (χ0n) is 9.56. The highest BCUT2D eigenvalue weighted by Gasteiger charge is 2.17. The number of hydrogen-bond donors (Lipinski definition) is 1. The Morgan fingerprint density at radius 2 is 2.38 bits per heavy atom. The molecule has 0 bridgehead atoms. The van der Waals surface area contributed by atoms with Crippen LogP contribution in [0.25, 0.3) is 0 Å². The second-order valence-corrected chi connectivity index (χ2v) is 4.94. The number of aromatic nitrogens is 1. The minimum atomic E-state index is 0.655. The van der Waals surface area contributed by atoms with E-state index in [0.717, 1.165) is 13.1 Å². The van der Waals surface area contributed by atoms with Crippen molar-refractivity contribution in [3.8, 4) is 0 Å². The molecule has 3 nitrogen and oxygen atoms in total. The number of hydrogen-bond acceptors (Lipinski definition) is 4. The number of rotatable bonds is 5. The van der Waals surface area contributed by atoms with E-state index in [1.54, 1.807) is 11.3 Å². The Morgan fingerprint density at radius 1 is 1.56 bits per heavy atom. The maximum absolute atomic E-state index is 4.28. The molecule has 4 heteroatoms. The second-order valence-electron chi connectivity index (χ2n) is 4.22. The van der Waals surface area contributed by atoms with Crippen LogP contribution < -0.4 is 5.32 Å². The van der Waals surface area contributed by atoms with Crippen LogP contribution in [0, 0.1) is 0 Å². The molecule has 16 heavy (non-hydrogen) atoms. The average molecular weight is 237 g/mol.